The van der Waals surface area contributed by atoms with Crippen LogP contribution in [0.25, 0.3) is 0 Å². The molecule has 0 aliphatic heterocycles. The van der Waals surface area contributed by atoms with E-state index in [-0.39, 0.29) is 0 Å². The van der Waals surface area contributed by atoms with Crippen molar-refractivity contribution in [2.24, 2.45) is 5.92 Å². The molecule has 82 valence electrons. The average molecular weight is 268 g/mol. The average Bonchev–Trinajstić information content (AvgIpc) is 3.04. The second kappa shape index (κ2) is 5.13. The molecule has 2 rings (SSSR count). The maximum absolute atomic E-state index is 3.61. The molecule has 0 radical (unpaired) electrons. The van der Waals surface area contributed by atoms with Crippen molar-refractivity contribution in [1.82, 2.24) is 4.90 Å². The zero-order valence-electron chi connectivity index (χ0n) is 9.25. The lowest BCUT2D eigenvalue weighted by atomic mass is 10.2. The van der Waals surface area contributed by atoms with Crippen molar-refractivity contribution < 1.29 is 0 Å². The maximum Gasteiger partial charge on any atom is 0.0244 e. The largest absolute Gasteiger partial charge is 0.299 e. The van der Waals surface area contributed by atoms with Crippen LogP contribution in [0, 0.1) is 5.92 Å². The molecule has 1 aromatic rings. The molecule has 1 aliphatic rings. The molecule has 1 nitrogen and oxygen atoms in total. The van der Waals surface area contributed by atoms with Crippen LogP contribution in [0.5, 0.6) is 0 Å². The highest BCUT2D eigenvalue weighted by molar-refractivity contribution is 9.10. The number of nitrogens with zero attached hydrogens (tertiary/aromatic N) is 1. The highest BCUT2D eigenvalue weighted by Crippen LogP contribution is 2.30. The number of rotatable bonds is 5. The van der Waals surface area contributed by atoms with Crippen LogP contribution >= 0.6 is 15.9 Å². The normalized spacial score (nSPS) is 15.9. The summed E-state index contributed by atoms with van der Waals surface area (Å²) in [6.45, 7) is 5.75. The summed E-state index contributed by atoms with van der Waals surface area (Å²) in [5, 5.41) is 0. The summed E-state index contributed by atoms with van der Waals surface area (Å²) >= 11 is 3.61. The van der Waals surface area contributed by atoms with E-state index in [0.717, 1.165) is 19.0 Å². The first kappa shape index (κ1) is 11.2. The minimum absolute atomic E-state index is 0.979. The van der Waals surface area contributed by atoms with Crippen LogP contribution in [-0.4, -0.2) is 18.0 Å². The Hall–Kier alpha value is -0.340. The van der Waals surface area contributed by atoms with Gasteiger partial charge in [0, 0.05) is 17.6 Å². The zero-order chi connectivity index (χ0) is 10.7. The fourth-order valence-electron chi connectivity index (χ4n) is 1.84. The molecule has 1 aromatic carbocycles. The van der Waals surface area contributed by atoms with E-state index < -0.39 is 0 Å². The van der Waals surface area contributed by atoms with Gasteiger partial charge in [0.15, 0.2) is 0 Å². The van der Waals surface area contributed by atoms with Crippen LogP contribution in [-0.2, 0) is 6.54 Å². The number of benzene rings is 1. The van der Waals surface area contributed by atoms with Crippen molar-refractivity contribution >= 4 is 15.9 Å². The maximum atomic E-state index is 3.61. The van der Waals surface area contributed by atoms with Crippen molar-refractivity contribution in [3.8, 4) is 0 Å². The van der Waals surface area contributed by atoms with E-state index in [4.69, 9.17) is 0 Å². The molecular formula is C13H18BrN. The summed E-state index contributed by atoms with van der Waals surface area (Å²) < 4.78 is 1.24. The van der Waals surface area contributed by atoms with Gasteiger partial charge in [-0.25, -0.2) is 0 Å². The molecule has 0 heterocycles. The number of halogens is 1. The van der Waals surface area contributed by atoms with Gasteiger partial charge < -0.3 is 0 Å². The molecule has 1 saturated carbocycles. The lowest BCUT2D eigenvalue weighted by molar-refractivity contribution is 0.268. The van der Waals surface area contributed by atoms with Crippen molar-refractivity contribution in [1.29, 1.82) is 0 Å². The van der Waals surface area contributed by atoms with Crippen LogP contribution in [0.4, 0.5) is 0 Å². The molecule has 0 amide bonds. The van der Waals surface area contributed by atoms with Gasteiger partial charge in [-0.2, -0.15) is 0 Å². The van der Waals surface area contributed by atoms with Gasteiger partial charge in [-0.05, 0) is 36.9 Å². The summed E-state index contributed by atoms with van der Waals surface area (Å²) in [5.74, 6) is 0.979. The molecule has 0 atom stereocenters. The number of hydrogen-bond donors (Lipinski definition) is 0. The fourth-order valence-corrected chi connectivity index (χ4v) is 2.25. The Morgan fingerprint density at radius 1 is 1.33 bits per heavy atom. The molecular weight excluding hydrogens is 250 g/mol. The first-order valence-corrected chi connectivity index (χ1v) is 6.54. The minimum Gasteiger partial charge on any atom is -0.299 e. The Kier molecular flexibility index (Phi) is 3.81. The van der Waals surface area contributed by atoms with Gasteiger partial charge in [0.05, 0.1) is 0 Å². The van der Waals surface area contributed by atoms with E-state index in [2.05, 4.69) is 52.0 Å². The third-order valence-corrected chi connectivity index (χ3v) is 3.79. The van der Waals surface area contributed by atoms with Gasteiger partial charge in [-0.15, -0.1) is 0 Å². The third kappa shape index (κ3) is 3.32. The Bertz CT molecular complexity index is 320. The summed E-state index contributed by atoms with van der Waals surface area (Å²) in [4.78, 5) is 2.54. The molecule has 0 spiro atoms. The molecule has 15 heavy (non-hydrogen) atoms. The topological polar surface area (TPSA) is 3.24 Å². The van der Waals surface area contributed by atoms with E-state index in [0.29, 0.717) is 0 Å². The minimum atomic E-state index is 0.979. The molecule has 0 N–H and O–H groups in total. The Balaban J connectivity index is 1.95. The van der Waals surface area contributed by atoms with Gasteiger partial charge in [0.25, 0.3) is 0 Å². The van der Waals surface area contributed by atoms with E-state index in [1.54, 1.807) is 0 Å². The monoisotopic (exact) mass is 267 g/mol. The van der Waals surface area contributed by atoms with Gasteiger partial charge in [0.1, 0.15) is 0 Å². The van der Waals surface area contributed by atoms with Crippen molar-refractivity contribution in [2.45, 2.75) is 26.3 Å². The first-order chi connectivity index (χ1) is 7.29. The highest BCUT2D eigenvalue weighted by atomic mass is 79.9. The summed E-state index contributed by atoms with van der Waals surface area (Å²) in [5.41, 5.74) is 1.40. The van der Waals surface area contributed by atoms with Crippen LogP contribution < -0.4 is 0 Å². The lowest BCUT2D eigenvalue weighted by Gasteiger charge is -2.20. The summed E-state index contributed by atoms with van der Waals surface area (Å²) in [6, 6.07) is 8.52. The molecule has 0 aromatic heterocycles. The Morgan fingerprint density at radius 2 is 2.07 bits per heavy atom. The smallest absolute Gasteiger partial charge is 0.0244 e. The van der Waals surface area contributed by atoms with Gasteiger partial charge in [0.2, 0.25) is 0 Å². The van der Waals surface area contributed by atoms with Gasteiger partial charge in [-0.1, -0.05) is 41.1 Å². The molecule has 0 saturated heterocycles. The lowest BCUT2D eigenvalue weighted by Crippen LogP contribution is -2.25. The van der Waals surface area contributed by atoms with Crippen LogP contribution in [0.2, 0.25) is 0 Å². The zero-order valence-corrected chi connectivity index (χ0v) is 10.8. The van der Waals surface area contributed by atoms with Crippen LogP contribution in [0.3, 0.4) is 0 Å². The van der Waals surface area contributed by atoms with E-state index >= 15 is 0 Å². The molecule has 0 unspecified atom stereocenters. The van der Waals surface area contributed by atoms with Crippen molar-refractivity contribution in [2.75, 3.05) is 13.1 Å². The number of hydrogen-bond acceptors (Lipinski definition) is 1. The predicted molar refractivity (Wildman–Crippen MR) is 67.8 cm³/mol. The molecule has 0 bridgehead atoms. The van der Waals surface area contributed by atoms with Crippen molar-refractivity contribution in [3.63, 3.8) is 0 Å². The SMILES string of the molecule is CCN(Cc1ccccc1Br)CC1CC1. The molecule has 2 heteroatoms. The Morgan fingerprint density at radius 3 is 2.67 bits per heavy atom. The molecule has 1 aliphatic carbocycles. The summed E-state index contributed by atoms with van der Waals surface area (Å²) in [7, 11) is 0. The van der Waals surface area contributed by atoms with Gasteiger partial charge in [-0.3, -0.25) is 4.90 Å². The second-order valence-corrected chi connectivity index (χ2v) is 5.22. The third-order valence-electron chi connectivity index (χ3n) is 3.01. The van der Waals surface area contributed by atoms with E-state index in [9.17, 15) is 0 Å². The van der Waals surface area contributed by atoms with Gasteiger partial charge >= 0.3 is 0 Å². The summed E-state index contributed by atoms with van der Waals surface area (Å²) in [6.07, 6.45) is 2.87. The fraction of sp³-hybridized carbons (Fsp3) is 0.538. The quantitative estimate of drug-likeness (QED) is 0.787. The van der Waals surface area contributed by atoms with Crippen molar-refractivity contribution in [3.05, 3.63) is 34.3 Å². The predicted octanol–water partition coefficient (Wildman–Crippen LogP) is 3.68. The standard InChI is InChI=1S/C13H18BrN/c1-2-15(9-11-7-8-11)10-12-5-3-4-6-13(12)14/h3-6,11H,2,7-10H2,1H3. The van der Waals surface area contributed by atoms with Crippen LogP contribution in [0.1, 0.15) is 25.3 Å². The van der Waals surface area contributed by atoms with E-state index in [1.165, 1.54) is 29.4 Å². The van der Waals surface area contributed by atoms with Crippen LogP contribution in [0.15, 0.2) is 28.7 Å². The first-order valence-electron chi connectivity index (χ1n) is 5.75. The molecule has 1 fully saturated rings. The second-order valence-electron chi connectivity index (χ2n) is 4.36. The highest BCUT2D eigenvalue weighted by Gasteiger charge is 2.23. The Labute approximate surface area is 101 Å². The van der Waals surface area contributed by atoms with E-state index in [1.807, 2.05) is 0 Å².